The second-order valence-electron chi connectivity index (χ2n) is 4.79. The van der Waals surface area contributed by atoms with Crippen LogP contribution in [0.3, 0.4) is 0 Å². The summed E-state index contributed by atoms with van der Waals surface area (Å²) in [5.41, 5.74) is 1.87. The van der Waals surface area contributed by atoms with E-state index in [-0.39, 0.29) is 0 Å². The number of hydrogen-bond acceptors (Lipinski definition) is 3. The number of rotatable bonds is 4. The molecule has 1 aromatic rings. The third-order valence-electron chi connectivity index (χ3n) is 3.40. The monoisotopic (exact) mass is 220 g/mol. The van der Waals surface area contributed by atoms with Gasteiger partial charge < -0.3 is 10.0 Å². The fourth-order valence-corrected chi connectivity index (χ4v) is 2.04. The maximum absolute atomic E-state index is 9.37. The van der Waals surface area contributed by atoms with Gasteiger partial charge in [0.25, 0.3) is 0 Å². The van der Waals surface area contributed by atoms with Crippen LogP contribution in [0.25, 0.3) is 0 Å². The van der Waals surface area contributed by atoms with Gasteiger partial charge in [0.05, 0.1) is 23.7 Å². The number of aromatic nitrogens is 1. The van der Waals surface area contributed by atoms with Gasteiger partial charge in [0.15, 0.2) is 0 Å². The highest BCUT2D eigenvalue weighted by atomic mass is 16.3. The van der Waals surface area contributed by atoms with Gasteiger partial charge in [-0.05, 0) is 37.8 Å². The molecule has 0 unspecified atom stereocenters. The fourth-order valence-electron chi connectivity index (χ4n) is 2.04. The topological polar surface area (TPSA) is 36.4 Å². The molecule has 1 aromatic heterocycles. The van der Waals surface area contributed by atoms with Crippen molar-refractivity contribution in [3.63, 3.8) is 0 Å². The molecule has 1 fully saturated rings. The van der Waals surface area contributed by atoms with Crippen molar-refractivity contribution in [3.05, 3.63) is 24.0 Å². The van der Waals surface area contributed by atoms with Crippen LogP contribution in [0.4, 0.5) is 5.69 Å². The van der Waals surface area contributed by atoms with Crippen molar-refractivity contribution in [3.8, 4) is 0 Å². The molecule has 1 heterocycles. The van der Waals surface area contributed by atoms with E-state index in [1.807, 2.05) is 18.3 Å². The number of aliphatic hydroxyl groups is 1. The molecule has 0 spiro atoms. The van der Waals surface area contributed by atoms with E-state index >= 15 is 0 Å². The van der Waals surface area contributed by atoms with Gasteiger partial charge in [0.2, 0.25) is 0 Å². The third kappa shape index (κ3) is 2.53. The predicted octanol–water partition coefficient (Wildman–Crippen LogP) is 2.37. The molecule has 0 aliphatic heterocycles. The van der Waals surface area contributed by atoms with Crippen LogP contribution in [0, 0.1) is 5.92 Å². The molecule has 1 N–H and O–H groups in total. The molecule has 0 radical (unpaired) electrons. The Balaban J connectivity index is 1.97. The number of aliphatic hydroxyl groups excluding tert-OH is 1. The summed E-state index contributed by atoms with van der Waals surface area (Å²) in [5, 5.41) is 9.37. The van der Waals surface area contributed by atoms with Crippen LogP contribution >= 0.6 is 0 Å². The molecule has 1 saturated carbocycles. The van der Waals surface area contributed by atoms with Gasteiger partial charge in [-0.2, -0.15) is 0 Å². The molecule has 88 valence electrons. The Kier molecular flexibility index (Phi) is 3.44. The normalized spacial score (nSPS) is 17.9. The summed E-state index contributed by atoms with van der Waals surface area (Å²) in [4.78, 5) is 6.51. The number of hydrogen-bond donors (Lipinski definition) is 1. The summed E-state index contributed by atoms with van der Waals surface area (Å²) in [6.07, 6.45) is 5.48. The second kappa shape index (κ2) is 4.83. The van der Waals surface area contributed by atoms with Crippen molar-refractivity contribution in [2.24, 2.45) is 5.92 Å². The number of anilines is 1. The minimum Gasteiger partial charge on any atom is -0.387 e. The molecule has 1 atom stereocenters. The summed E-state index contributed by atoms with van der Waals surface area (Å²) >= 11 is 0. The Morgan fingerprint density at radius 1 is 1.50 bits per heavy atom. The van der Waals surface area contributed by atoms with E-state index in [2.05, 4.69) is 16.9 Å². The zero-order chi connectivity index (χ0) is 11.5. The van der Waals surface area contributed by atoms with E-state index in [1.165, 1.54) is 19.3 Å². The van der Waals surface area contributed by atoms with Crippen molar-refractivity contribution >= 4 is 5.69 Å². The lowest BCUT2D eigenvalue weighted by molar-refractivity contribution is 0.194. The summed E-state index contributed by atoms with van der Waals surface area (Å²) in [6.45, 7) is 2.86. The zero-order valence-electron chi connectivity index (χ0n) is 10.1. The first-order chi connectivity index (χ1) is 7.66. The van der Waals surface area contributed by atoms with Crippen molar-refractivity contribution < 1.29 is 5.11 Å². The van der Waals surface area contributed by atoms with Gasteiger partial charge in [-0.1, -0.05) is 6.42 Å². The Morgan fingerprint density at radius 2 is 2.25 bits per heavy atom. The van der Waals surface area contributed by atoms with Gasteiger partial charge in [-0.3, -0.25) is 4.98 Å². The largest absolute Gasteiger partial charge is 0.387 e. The average Bonchev–Trinajstić information content (AvgIpc) is 2.23. The van der Waals surface area contributed by atoms with E-state index < -0.39 is 6.10 Å². The van der Waals surface area contributed by atoms with Crippen LogP contribution in [-0.2, 0) is 0 Å². The first-order valence-corrected chi connectivity index (χ1v) is 6.02. The van der Waals surface area contributed by atoms with E-state index in [0.717, 1.165) is 23.8 Å². The highest BCUT2D eigenvalue weighted by molar-refractivity contribution is 5.43. The summed E-state index contributed by atoms with van der Waals surface area (Å²) in [7, 11) is 2.11. The zero-order valence-corrected chi connectivity index (χ0v) is 10.1. The van der Waals surface area contributed by atoms with E-state index in [0.29, 0.717) is 0 Å². The molecule has 0 bridgehead atoms. The van der Waals surface area contributed by atoms with Crippen molar-refractivity contribution in [2.45, 2.75) is 32.3 Å². The first-order valence-electron chi connectivity index (χ1n) is 6.02. The SMILES string of the molecule is C[C@H](O)c1ccc(N(C)CC2CCC2)cn1. The van der Waals surface area contributed by atoms with Crippen LogP contribution in [0.15, 0.2) is 18.3 Å². The molecular formula is C13H20N2O. The molecule has 1 aliphatic rings. The summed E-state index contributed by atoms with van der Waals surface area (Å²) < 4.78 is 0. The predicted molar refractivity (Wildman–Crippen MR) is 65.5 cm³/mol. The van der Waals surface area contributed by atoms with Crippen LogP contribution in [0.2, 0.25) is 0 Å². The van der Waals surface area contributed by atoms with Crippen LogP contribution in [0.1, 0.15) is 38.0 Å². The minimum atomic E-state index is -0.481. The molecule has 2 rings (SSSR count). The van der Waals surface area contributed by atoms with Gasteiger partial charge in [-0.15, -0.1) is 0 Å². The van der Waals surface area contributed by atoms with E-state index in [1.54, 1.807) is 6.92 Å². The van der Waals surface area contributed by atoms with Crippen molar-refractivity contribution in [1.29, 1.82) is 0 Å². The molecule has 0 saturated heterocycles. The molecule has 3 heteroatoms. The molecule has 0 aromatic carbocycles. The fraction of sp³-hybridized carbons (Fsp3) is 0.615. The molecule has 0 amide bonds. The highest BCUT2D eigenvalue weighted by Crippen LogP contribution is 2.28. The molecule has 16 heavy (non-hydrogen) atoms. The Labute approximate surface area is 97.1 Å². The smallest absolute Gasteiger partial charge is 0.0931 e. The van der Waals surface area contributed by atoms with Crippen molar-refractivity contribution in [2.75, 3.05) is 18.5 Å². The maximum Gasteiger partial charge on any atom is 0.0931 e. The van der Waals surface area contributed by atoms with Crippen LogP contribution < -0.4 is 4.90 Å². The third-order valence-corrected chi connectivity index (χ3v) is 3.40. The van der Waals surface area contributed by atoms with Crippen LogP contribution in [0.5, 0.6) is 0 Å². The molecule has 3 nitrogen and oxygen atoms in total. The van der Waals surface area contributed by atoms with E-state index in [4.69, 9.17) is 0 Å². The molecule has 1 aliphatic carbocycles. The second-order valence-corrected chi connectivity index (χ2v) is 4.79. The Morgan fingerprint density at radius 3 is 2.69 bits per heavy atom. The summed E-state index contributed by atoms with van der Waals surface area (Å²) in [5.74, 6) is 0.862. The van der Waals surface area contributed by atoms with Crippen molar-refractivity contribution in [1.82, 2.24) is 4.98 Å². The van der Waals surface area contributed by atoms with Crippen LogP contribution in [-0.4, -0.2) is 23.7 Å². The lowest BCUT2D eigenvalue weighted by Crippen LogP contribution is -2.29. The number of pyridine rings is 1. The minimum absolute atomic E-state index is 0.481. The standard InChI is InChI=1S/C13H20N2O/c1-10(16)13-7-6-12(8-14-13)15(2)9-11-4-3-5-11/h6-8,10-11,16H,3-5,9H2,1-2H3/t10-/m0/s1. The maximum atomic E-state index is 9.37. The number of nitrogens with zero attached hydrogens (tertiary/aromatic N) is 2. The lowest BCUT2D eigenvalue weighted by atomic mass is 9.85. The Bertz CT molecular complexity index is 330. The summed E-state index contributed by atoms with van der Waals surface area (Å²) in [6, 6.07) is 3.94. The molecular weight excluding hydrogens is 200 g/mol. The average molecular weight is 220 g/mol. The quantitative estimate of drug-likeness (QED) is 0.846. The Hall–Kier alpha value is -1.09. The van der Waals surface area contributed by atoms with Gasteiger partial charge in [0, 0.05) is 13.6 Å². The van der Waals surface area contributed by atoms with Gasteiger partial charge in [0.1, 0.15) is 0 Å². The highest BCUT2D eigenvalue weighted by Gasteiger charge is 2.19. The van der Waals surface area contributed by atoms with Gasteiger partial charge in [-0.25, -0.2) is 0 Å². The first kappa shape index (κ1) is 11.4. The lowest BCUT2D eigenvalue weighted by Gasteiger charge is -2.31. The van der Waals surface area contributed by atoms with Gasteiger partial charge >= 0.3 is 0 Å². The van der Waals surface area contributed by atoms with E-state index in [9.17, 15) is 5.11 Å².